The first kappa shape index (κ1) is 10.1. The number of rotatable bonds is 2. The number of ketones is 1. The van der Waals surface area contributed by atoms with Gasteiger partial charge in [-0.1, -0.05) is 11.6 Å². The second kappa shape index (κ2) is 4.43. The number of hydrogen-bond donors (Lipinski definition) is 0. The third-order valence-electron chi connectivity index (χ3n) is 2.31. The largest absolute Gasteiger partial charge is 0.370 e. The molecule has 1 aromatic heterocycles. The average molecular weight is 231 g/mol. The summed E-state index contributed by atoms with van der Waals surface area (Å²) in [4.78, 5) is 12.5. The van der Waals surface area contributed by atoms with Gasteiger partial charge in [0.15, 0.2) is 0 Å². The fraction of sp³-hybridized carbons (Fsp3) is 0.500. The molecule has 1 atom stereocenters. The second-order valence-corrected chi connectivity index (χ2v) is 4.64. The summed E-state index contributed by atoms with van der Waals surface area (Å²) >= 11 is 7.28. The van der Waals surface area contributed by atoms with Gasteiger partial charge in [0.25, 0.3) is 0 Å². The number of ether oxygens (including phenoxy) is 1. The highest BCUT2D eigenvalue weighted by atomic mass is 35.5. The topological polar surface area (TPSA) is 26.3 Å². The minimum atomic E-state index is -0.264. The molecule has 2 nitrogen and oxygen atoms in total. The molecule has 0 bridgehead atoms. The Morgan fingerprint density at radius 1 is 1.57 bits per heavy atom. The first-order valence-electron chi connectivity index (χ1n) is 4.68. The van der Waals surface area contributed by atoms with Gasteiger partial charge in [0.05, 0.1) is 9.90 Å². The van der Waals surface area contributed by atoms with Crippen molar-refractivity contribution >= 4 is 28.7 Å². The van der Waals surface area contributed by atoms with E-state index in [0.29, 0.717) is 16.5 Å². The van der Waals surface area contributed by atoms with Gasteiger partial charge in [0, 0.05) is 6.61 Å². The Morgan fingerprint density at radius 3 is 3.00 bits per heavy atom. The normalized spacial score (nSPS) is 22.2. The lowest BCUT2D eigenvalue weighted by Gasteiger charge is -2.20. The van der Waals surface area contributed by atoms with E-state index in [1.54, 1.807) is 6.07 Å². The highest BCUT2D eigenvalue weighted by molar-refractivity contribution is 7.12. The summed E-state index contributed by atoms with van der Waals surface area (Å²) in [6.07, 6.45) is 2.69. The first-order chi connectivity index (χ1) is 6.79. The maximum atomic E-state index is 11.9. The number of hydrogen-bond acceptors (Lipinski definition) is 3. The van der Waals surface area contributed by atoms with E-state index >= 15 is 0 Å². The Hall–Kier alpha value is -0.380. The molecule has 1 aromatic rings. The molecular weight excluding hydrogens is 220 g/mol. The van der Waals surface area contributed by atoms with Crippen molar-refractivity contribution in [1.29, 1.82) is 0 Å². The molecule has 4 heteroatoms. The molecule has 2 heterocycles. The van der Waals surface area contributed by atoms with Gasteiger partial charge in [0.2, 0.25) is 5.78 Å². The van der Waals surface area contributed by atoms with Crippen LogP contribution in [0, 0.1) is 0 Å². The van der Waals surface area contributed by atoms with E-state index in [-0.39, 0.29) is 11.9 Å². The monoisotopic (exact) mass is 230 g/mol. The maximum absolute atomic E-state index is 11.9. The quantitative estimate of drug-likeness (QED) is 0.730. The van der Waals surface area contributed by atoms with Crippen LogP contribution in [0.15, 0.2) is 11.4 Å². The Kier molecular flexibility index (Phi) is 3.21. The molecule has 1 unspecified atom stereocenters. The minimum absolute atomic E-state index is 0.0460. The smallest absolute Gasteiger partial charge is 0.202 e. The van der Waals surface area contributed by atoms with Crippen molar-refractivity contribution in [3.05, 3.63) is 21.3 Å². The highest BCUT2D eigenvalue weighted by Crippen LogP contribution is 2.26. The van der Waals surface area contributed by atoms with Crippen molar-refractivity contribution in [3.63, 3.8) is 0 Å². The van der Waals surface area contributed by atoms with Crippen molar-refractivity contribution in [1.82, 2.24) is 0 Å². The standard InChI is InChI=1S/C10H11ClO2S/c11-7-4-6-14-10(7)9(12)8-3-1-2-5-13-8/h4,6,8H,1-3,5H2. The number of carbonyl (C=O) groups excluding carboxylic acids is 1. The van der Waals surface area contributed by atoms with Crippen molar-refractivity contribution in [3.8, 4) is 0 Å². The lowest BCUT2D eigenvalue weighted by Crippen LogP contribution is -2.27. The van der Waals surface area contributed by atoms with Crippen LogP contribution in [0.5, 0.6) is 0 Å². The molecular formula is C10H11ClO2S. The summed E-state index contributed by atoms with van der Waals surface area (Å²) < 4.78 is 5.42. The van der Waals surface area contributed by atoms with E-state index in [1.165, 1.54) is 11.3 Å². The van der Waals surface area contributed by atoms with Gasteiger partial charge in [-0.25, -0.2) is 0 Å². The lowest BCUT2D eigenvalue weighted by molar-refractivity contribution is 0.0190. The summed E-state index contributed by atoms with van der Waals surface area (Å²) in [7, 11) is 0. The molecule has 1 aliphatic heterocycles. The van der Waals surface area contributed by atoms with E-state index in [9.17, 15) is 4.79 Å². The van der Waals surface area contributed by atoms with Crippen LogP contribution in [-0.4, -0.2) is 18.5 Å². The maximum Gasteiger partial charge on any atom is 0.202 e. The van der Waals surface area contributed by atoms with Crippen LogP contribution in [0.4, 0.5) is 0 Å². The van der Waals surface area contributed by atoms with Crippen molar-refractivity contribution in [2.24, 2.45) is 0 Å². The van der Waals surface area contributed by atoms with E-state index in [2.05, 4.69) is 0 Å². The molecule has 0 aromatic carbocycles. The average Bonchev–Trinajstić information content (AvgIpc) is 2.65. The molecule has 0 amide bonds. The zero-order valence-corrected chi connectivity index (χ0v) is 9.24. The molecule has 14 heavy (non-hydrogen) atoms. The van der Waals surface area contributed by atoms with Gasteiger partial charge >= 0.3 is 0 Å². The van der Waals surface area contributed by atoms with Crippen LogP contribution < -0.4 is 0 Å². The van der Waals surface area contributed by atoms with Gasteiger partial charge in [-0.05, 0) is 30.7 Å². The van der Waals surface area contributed by atoms with E-state index in [4.69, 9.17) is 16.3 Å². The van der Waals surface area contributed by atoms with Gasteiger partial charge in [-0.2, -0.15) is 0 Å². The van der Waals surface area contributed by atoms with Crippen molar-refractivity contribution < 1.29 is 9.53 Å². The van der Waals surface area contributed by atoms with E-state index in [0.717, 1.165) is 19.3 Å². The first-order valence-corrected chi connectivity index (χ1v) is 5.93. The Balaban J connectivity index is 2.11. The molecule has 0 saturated carbocycles. The molecule has 0 aliphatic carbocycles. The fourth-order valence-electron chi connectivity index (χ4n) is 1.56. The fourth-order valence-corrected chi connectivity index (χ4v) is 2.70. The molecule has 0 N–H and O–H groups in total. The number of Topliss-reactive ketones (excluding diaryl/α,β-unsaturated/α-hetero) is 1. The van der Waals surface area contributed by atoms with Crippen LogP contribution in [0.1, 0.15) is 28.9 Å². The molecule has 2 rings (SSSR count). The summed E-state index contributed by atoms with van der Waals surface area (Å²) in [5.41, 5.74) is 0. The molecule has 1 aliphatic rings. The Labute approximate surface area is 91.8 Å². The number of thiophene rings is 1. The summed E-state index contributed by atoms with van der Waals surface area (Å²) in [6, 6.07) is 1.75. The zero-order chi connectivity index (χ0) is 9.97. The summed E-state index contributed by atoms with van der Waals surface area (Å²) in [5, 5.41) is 2.38. The van der Waals surface area contributed by atoms with Crippen molar-refractivity contribution in [2.45, 2.75) is 25.4 Å². The second-order valence-electron chi connectivity index (χ2n) is 3.32. The molecule has 1 saturated heterocycles. The number of carbonyl (C=O) groups is 1. The third kappa shape index (κ3) is 2.00. The third-order valence-corrected chi connectivity index (χ3v) is 3.67. The van der Waals surface area contributed by atoms with Gasteiger partial charge in [0.1, 0.15) is 6.10 Å². The van der Waals surface area contributed by atoms with Crippen LogP contribution in [0.3, 0.4) is 0 Å². The van der Waals surface area contributed by atoms with Crippen LogP contribution >= 0.6 is 22.9 Å². The Bertz CT molecular complexity index is 329. The van der Waals surface area contributed by atoms with Crippen LogP contribution in [-0.2, 0) is 4.74 Å². The van der Waals surface area contributed by atoms with Gasteiger partial charge < -0.3 is 4.74 Å². The van der Waals surface area contributed by atoms with Crippen molar-refractivity contribution in [2.75, 3.05) is 6.61 Å². The summed E-state index contributed by atoms with van der Waals surface area (Å²) in [6.45, 7) is 0.694. The predicted octanol–water partition coefficient (Wildman–Crippen LogP) is 3.15. The summed E-state index contributed by atoms with van der Waals surface area (Å²) in [5.74, 6) is 0.0460. The molecule has 0 radical (unpaired) electrons. The predicted molar refractivity (Wildman–Crippen MR) is 57.3 cm³/mol. The van der Waals surface area contributed by atoms with E-state index < -0.39 is 0 Å². The van der Waals surface area contributed by atoms with Crippen LogP contribution in [0.2, 0.25) is 5.02 Å². The highest BCUT2D eigenvalue weighted by Gasteiger charge is 2.25. The molecule has 76 valence electrons. The molecule has 1 fully saturated rings. The van der Waals surface area contributed by atoms with E-state index in [1.807, 2.05) is 5.38 Å². The molecule has 0 spiro atoms. The van der Waals surface area contributed by atoms with Crippen LogP contribution in [0.25, 0.3) is 0 Å². The van der Waals surface area contributed by atoms with Gasteiger partial charge in [-0.3, -0.25) is 4.79 Å². The minimum Gasteiger partial charge on any atom is -0.370 e. The zero-order valence-electron chi connectivity index (χ0n) is 7.66. The SMILES string of the molecule is O=C(c1sccc1Cl)C1CCCCO1. The Morgan fingerprint density at radius 2 is 2.43 bits per heavy atom. The lowest BCUT2D eigenvalue weighted by atomic mass is 10.0. The number of halogens is 1. The van der Waals surface area contributed by atoms with Gasteiger partial charge in [-0.15, -0.1) is 11.3 Å².